The molecule has 0 aliphatic rings. The summed E-state index contributed by atoms with van der Waals surface area (Å²) in [6.45, 7) is 1.63. The van der Waals surface area contributed by atoms with E-state index in [1.54, 1.807) is 6.92 Å². The molecule has 0 radical (unpaired) electrons. The lowest BCUT2D eigenvalue weighted by Gasteiger charge is -1.88. The largest absolute Gasteiger partial charge is 0.249 e. The van der Waals surface area contributed by atoms with Gasteiger partial charge in [-0.05, 0) is 40.5 Å². The van der Waals surface area contributed by atoms with Crippen LogP contribution in [0.15, 0.2) is 22.9 Å². The zero-order chi connectivity index (χ0) is 8.59. The molecular formula is C6H6BrN. The normalized spacial score (nSPS) is 14.5. The van der Waals surface area contributed by atoms with Crippen LogP contribution in [0, 0.1) is 6.92 Å². The van der Waals surface area contributed by atoms with Crippen molar-refractivity contribution in [2.24, 2.45) is 0 Å². The van der Waals surface area contributed by atoms with E-state index in [4.69, 9.17) is 4.11 Å². The monoisotopic (exact) mass is 174 g/mol. The standard InChI is InChI=1S/C6H6BrN/c1-5-2-3-8-6(7)4-5/h2-4H,1H3/i2D,3D,4D. The molecule has 0 spiro atoms. The van der Waals surface area contributed by atoms with Crippen molar-refractivity contribution < 1.29 is 4.11 Å². The van der Waals surface area contributed by atoms with Crippen molar-refractivity contribution in [2.45, 2.75) is 6.92 Å². The summed E-state index contributed by atoms with van der Waals surface area (Å²) < 4.78 is 22.2. The van der Waals surface area contributed by atoms with E-state index in [0.717, 1.165) is 0 Å². The van der Waals surface area contributed by atoms with E-state index in [-0.39, 0.29) is 18.3 Å². The average molecular weight is 175 g/mol. The fourth-order valence-corrected chi connectivity index (χ4v) is 0.761. The van der Waals surface area contributed by atoms with Crippen LogP contribution in [0.3, 0.4) is 0 Å². The molecule has 1 aromatic rings. The first-order chi connectivity index (χ1) is 5.04. The molecular weight excluding hydrogens is 166 g/mol. The number of hydrogen-bond acceptors (Lipinski definition) is 1. The molecule has 0 atom stereocenters. The van der Waals surface area contributed by atoms with E-state index >= 15 is 0 Å². The smallest absolute Gasteiger partial charge is 0.106 e. The first kappa shape index (κ1) is 2.97. The maximum Gasteiger partial charge on any atom is 0.106 e. The molecule has 0 aliphatic heterocycles. The molecule has 0 aromatic carbocycles. The van der Waals surface area contributed by atoms with Crippen molar-refractivity contribution in [3.05, 3.63) is 28.4 Å². The molecule has 1 nitrogen and oxygen atoms in total. The summed E-state index contributed by atoms with van der Waals surface area (Å²) in [5.74, 6) is 0. The zero-order valence-corrected chi connectivity index (χ0v) is 5.91. The maximum atomic E-state index is 7.37. The SMILES string of the molecule is [2H]c1nc(Br)c([2H])c(C)c1[2H]. The third-order valence-electron chi connectivity index (χ3n) is 0.688. The minimum Gasteiger partial charge on any atom is -0.249 e. The molecule has 42 valence electrons. The summed E-state index contributed by atoms with van der Waals surface area (Å²) >= 11 is 3.03. The number of hydrogen-bond donors (Lipinski definition) is 0. The van der Waals surface area contributed by atoms with E-state index in [0.29, 0.717) is 10.2 Å². The van der Waals surface area contributed by atoms with Crippen LogP contribution in [-0.4, -0.2) is 4.98 Å². The predicted octanol–water partition coefficient (Wildman–Crippen LogP) is 2.15. The summed E-state index contributed by atoms with van der Waals surface area (Å²) in [5, 5.41) is 0. The lowest BCUT2D eigenvalue weighted by molar-refractivity contribution is 1.24. The van der Waals surface area contributed by atoms with Crippen molar-refractivity contribution in [1.29, 1.82) is 0 Å². The quantitative estimate of drug-likeness (QED) is 0.550. The number of nitrogens with zero attached hydrogens (tertiary/aromatic N) is 1. The molecule has 0 saturated heterocycles. The van der Waals surface area contributed by atoms with Crippen LogP contribution in [0.25, 0.3) is 0 Å². The van der Waals surface area contributed by atoms with Gasteiger partial charge in [0, 0.05) is 6.17 Å². The molecule has 0 aliphatic carbocycles. The fourth-order valence-electron chi connectivity index (χ4n) is 0.375. The first-order valence-corrected chi connectivity index (χ1v) is 2.93. The molecule has 1 heterocycles. The van der Waals surface area contributed by atoms with Gasteiger partial charge in [0.2, 0.25) is 0 Å². The van der Waals surface area contributed by atoms with Gasteiger partial charge in [0.1, 0.15) is 4.60 Å². The van der Waals surface area contributed by atoms with Crippen molar-refractivity contribution in [3.63, 3.8) is 0 Å². The Hall–Kier alpha value is -0.370. The zero-order valence-electron chi connectivity index (χ0n) is 7.33. The lowest BCUT2D eigenvalue weighted by atomic mass is 10.3. The first-order valence-electron chi connectivity index (χ1n) is 3.64. The highest BCUT2D eigenvalue weighted by molar-refractivity contribution is 9.10. The van der Waals surface area contributed by atoms with Gasteiger partial charge in [0.25, 0.3) is 0 Å². The second-order valence-corrected chi connectivity index (χ2v) is 2.14. The predicted molar refractivity (Wildman–Crippen MR) is 36.7 cm³/mol. The summed E-state index contributed by atoms with van der Waals surface area (Å²) in [6.07, 6.45) is -0.0922. The Morgan fingerprint density at radius 2 is 2.62 bits per heavy atom. The molecule has 0 amide bonds. The van der Waals surface area contributed by atoms with E-state index in [1.165, 1.54) is 0 Å². The van der Waals surface area contributed by atoms with Crippen molar-refractivity contribution in [3.8, 4) is 0 Å². The molecule has 1 aromatic heterocycles. The summed E-state index contributed by atoms with van der Waals surface area (Å²) in [6, 6.07) is 0.212. The minimum atomic E-state index is -0.0922. The van der Waals surface area contributed by atoms with Gasteiger partial charge >= 0.3 is 0 Å². The Kier molecular flexibility index (Phi) is 0.841. The second-order valence-electron chi connectivity index (χ2n) is 1.39. The van der Waals surface area contributed by atoms with E-state index < -0.39 is 0 Å². The van der Waals surface area contributed by atoms with E-state index in [9.17, 15) is 0 Å². The highest BCUT2D eigenvalue weighted by Gasteiger charge is 1.83. The van der Waals surface area contributed by atoms with E-state index in [2.05, 4.69) is 20.9 Å². The Bertz CT molecular complexity index is 274. The summed E-state index contributed by atoms with van der Waals surface area (Å²) in [7, 11) is 0. The van der Waals surface area contributed by atoms with Gasteiger partial charge in [0.15, 0.2) is 0 Å². The molecule has 2 heteroatoms. The maximum absolute atomic E-state index is 7.37. The fraction of sp³-hybridized carbons (Fsp3) is 0.167. The van der Waals surface area contributed by atoms with Gasteiger partial charge in [-0.2, -0.15) is 0 Å². The number of aromatic nitrogens is 1. The topological polar surface area (TPSA) is 12.9 Å². The van der Waals surface area contributed by atoms with Crippen LogP contribution < -0.4 is 0 Å². The third kappa shape index (κ3) is 1.30. The van der Waals surface area contributed by atoms with Gasteiger partial charge in [0.05, 0.1) is 4.11 Å². The van der Waals surface area contributed by atoms with Crippen LogP contribution in [0.1, 0.15) is 9.68 Å². The highest BCUT2D eigenvalue weighted by atomic mass is 79.9. The number of halogens is 1. The van der Waals surface area contributed by atoms with Crippen LogP contribution in [0.4, 0.5) is 0 Å². The molecule has 0 unspecified atom stereocenters. The molecule has 1 rings (SSSR count). The molecule has 0 N–H and O–H groups in total. The van der Waals surface area contributed by atoms with Crippen molar-refractivity contribution in [1.82, 2.24) is 4.98 Å². The summed E-state index contributed by atoms with van der Waals surface area (Å²) in [4.78, 5) is 3.64. The average Bonchev–Trinajstić information content (AvgIpc) is 1.97. The van der Waals surface area contributed by atoms with E-state index in [1.807, 2.05) is 0 Å². The van der Waals surface area contributed by atoms with Gasteiger partial charge < -0.3 is 0 Å². The molecule has 0 saturated carbocycles. The van der Waals surface area contributed by atoms with Crippen molar-refractivity contribution >= 4 is 15.9 Å². The third-order valence-corrected chi connectivity index (χ3v) is 1.06. The molecule has 0 fully saturated rings. The van der Waals surface area contributed by atoms with Crippen LogP contribution in [0.2, 0.25) is 0 Å². The van der Waals surface area contributed by atoms with Gasteiger partial charge in [-0.15, -0.1) is 0 Å². The minimum absolute atomic E-state index is 0.0261. The van der Waals surface area contributed by atoms with Gasteiger partial charge in [-0.3, -0.25) is 0 Å². The highest BCUT2D eigenvalue weighted by Crippen LogP contribution is 2.05. The van der Waals surface area contributed by atoms with Gasteiger partial charge in [-0.25, -0.2) is 4.98 Å². The second kappa shape index (κ2) is 2.27. The lowest BCUT2D eigenvalue weighted by Crippen LogP contribution is -1.73. The Morgan fingerprint density at radius 3 is 3.38 bits per heavy atom. The number of pyridine rings is 1. The summed E-state index contributed by atoms with van der Waals surface area (Å²) in [5.41, 5.74) is 0.483. The Labute approximate surface area is 61.1 Å². The van der Waals surface area contributed by atoms with Gasteiger partial charge in [-0.1, -0.05) is 0 Å². The van der Waals surface area contributed by atoms with Crippen LogP contribution in [-0.2, 0) is 0 Å². The van der Waals surface area contributed by atoms with Crippen molar-refractivity contribution in [2.75, 3.05) is 0 Å². The Balaban J connectivity index is 3.46. The Morgan fingerprint density at radius 1 is 1.88 bits per heavy atom. The number of rotatable bonds is 0. The molecule has 0 bridgehead atoms. The van der Waals surface area contributed by atoms with Crippen LogP contribution >= 0.6 is 15.9 Å². The molecule has 8 heavy (non-hydrogen) atoms. The van der Waals surface area contributed by atoms with Crippen LogP contribution in [0.5, 0.6) is 0 Å².